The summed E-state index contributed by atoms with van der Waals surface area (Å²) in [6.45, 7) is 4.12. The number of aryl methyl sites for hydroxylation is 1. The first-order chi connectivity index (χ1) is 15.7. The molecule has 1 atom stereocenters. The van der Waals surface area contributed by atoms with Gasteiger partial charge in [-0.05, 0) is 49.9 Å². The van der Waals surface area contributed by atoms with Gasteiger partial charge < -0.3 is 15.2 Å². The molecule has 8 nitrogen and oxygen atoms in total. The molecule has 8 heteroatoms. The largest absolute Gasteiger partial charge is 0.361 e. The summed E-state index contributed by atoms with van der Waals surface area (Å²) in [4.78, 5) is 22.5. The molecule has 1 unspecified atom stereocenters. The highest BCUT2D eigenvalue weighted by atomic mass is 16.1. The summed E-state index contributed by atoms with van der Waals surface area (Å²) in [7, 11) is 0. The molecule has 1 saturated heterocycles. The van der Waals surface area contributed by atoms with Crippen LogP contribution in [0.5, 0.6) is 0 Å². The van der Waals surface area contributed by atoms with Crippen LogP contribution in [0.4, 0.5) is 5.82 Å². The fourth-order valence-corrected chi connectivity index (χ4v) is 4.44. The minimum atomic E-state index is -0.0379. The summed E-state index contributed by atoms with van der Waals surface area (Å²) in [5.41, 5.74) is 2.36. The molecule has 1 aliphatic rings. The quantitative estimate of drug-likeness (QED) is 0.492. The number of nitrogens with one attached hydrogen (secondary N) is 2. The van der Waals surface area contributed by atoms with Gasteiger partial charge in [-0.2, -0.15) is 0 Å². The van der Waals surface area contributed by atoms with Gasteiger partial charge in [-0.25, -0.2) is 4.98 Å². The SMILES string of the molecule is Cc1nccn1-c1ccc(N2CCCC(C(=O)NCCc3c[nH]c4ccccc34)C2)nn1. The predicted molar refractivity (Wildman–Crippen MR) is 124 cm³/mol. The van der Waals surface area contributed by atoms with Crippen LogP contribution in [0.3, 0.4) is 0 Å². The lowest BCUT2D eigenvalue weighted by Crippen LogP contribution is -2.43. The van der Waals surface area contributed by atoms with Crippen molar-refractivity contribution in [3.8, 4) is 5.82 Å². The van der Waals surface area contributed by atoms with Crippen molar-refractivity contribution in [1.29, 1.82) is 0 Å². The Morgan fingerprint density at radius 2 is 2.03 bits per heavy atom. The number of anilines is 1. The van der Waals surface area contributed by atoms with Crippen LogP contribution in [0.2, 0.25) is 0 Å². The molecule has 4 aromatic rings. The van der Waals surface area contributed by atoms with Gasteiger partial charge in [-0.3, -0.25) is 9.36 Å². The summed E-state index contributed by atoms with van der Waals surface area (Å²) in [5, 5.41) is 13.1. The lowest BCUT2D eigenvalue weighted by Gasteiger charge is -2.32. The topological polar surface area (TPSA) is 91.7 Å². The van der Waals surface area contributed by atoms with E-state index in [4.69, 9.17) is 0 Å². The third-order valence-corrected chi connectivity index (χ3v) is 6.19. The minimum Gasteiger partial charge on any atom is -0.361 e. The van der Waals surface area contributed by atoms with Crippen molar-refractivity contribution < 1.29 is 4.79 Å². The molecule has 4 heterocycles. The van der Waals surface area contributed by atoms with Gasteiger partial charge in [0.05, 0.1) is 5.92 Å². The zero-order valence-electron chi connectivity index (χ0n) is 18.2. The number of nitrogens with zero attached hydrogens (tertiary/aromatic N) is 5. The second-order valence-corrected chi connectivity index (χ2v) is 8.28. The van der Waals surface area contributed by atoms with Gasteiger partial charge in [-0.15, -0.1) is 10.2 Å². The number of carbonyl (C=O) groups is 1. The van der Waals surface area contributed by atoms with Gasteiger partial charge in [0.1, 0.15) is 5.82 Å². The molecule has 1 fully saturated rings. The number of hydrogen-bond donors (Lipinski definition) is 2. The molecule has 5 rings (SSSR count). The number of piperidine rings is 1. The number of fused-ring (bicyclic) bond motifs is 1. The number of imidazole rings is 1. The van der Waals surface area contributed by atoms with E-state index in [0.717, 1.165) is 48.8 Å². The van der Waals surface area contributed by atoms with E-state index < -0.39 is 0 Å². The first-order valence-corrected chi connectivity index (χ1v) is 11.1. The van der Waals surface area contributed by atoms with E-state index in [0.29, 0.717) is 13.1 Å². The second-order valence-electron chi connectivity index (χ2n) is 8.28. The molecule has 1 aromatic carbocycles. The van der Waals surface area contributed by atoms with Crippen molar-refractivity contribution in [1.82, 2.24) is 30.0 Å². The monoisotopic (exact) mass is 429 g/mol. The third-order valence-electron chi connectivity index (χ3n) is 6.19. The number of hydrogen-bond acceptors (Lipinski definition) is 5. The molecular weight excluding hydrogens is 402 g/mol. The predicted octanol–water partition coefficient (Wildman–Crippen LogP) is 3.03. The molecule has 3 aromatic heterocycles. The molecule has 32 heavy (non-hydrogen) atoms. The Balaban J connectivity index is 1.17. The van der Waals surface area contributed by atoms with Crippen molar-refractivity contribution in [2.24, 2.45) is 5.92 Å². The molecule has 1 amide bonds. The molecular formula is C24H27N7O. The summed E-state index contributed by atoms with van der Waals surface area (Å²) in [6, 6.07) is 12.2. The van der Waals surface area contributed by atoms with E-state index >= 15 is 0 Å². The number of aromatic nitrogens is 5. The normalized spacial score (nSPS) is 16.4. The molecule has 164 valence electrons. The third kappa shape index (κ3) is 4.08. The minimum absolute atomic E-state index is 0.0379. The number of H-pyrrole nitrogens is 1. The smallest absolute Gasteiger partial charge is 0.224 e. The van der Waals surface area contributed by atoms with E-state index in [9.17, 15) is 4.79 Å². The Kier molecular flexibility index (Phi) is 5.58. The van der Waals surface area contributed by atoms with Crippen LogP contribution in [0.1, 0.15) is 24.2 Å². The van der Waals surface area contributed by atoms with Gasteiger partial charge in [-0.1, -0.05) is 18.2 Å². The lowest BCUT2D eigenvalue weighted by molar-refractivity contribution is -0.125. The van der Waals surface area contributed by atoms with Crippen LogP contribution in [0.25, 0.3) is 16.7 Å². The first-order valence-electron chi connectivity index (χ1n) is 11.1. The van der Waals surface area contributed by atoms with Gasteiger partial charge in [0.2, 0.25) is 5.91 Å². The zero-order valence-corrected chi connectivity index (χ0v) is 18.2. The van der Waals surface area contributed by atoms with Crippen LogP contribution in [0, 0.1) is 12.8 Å². The maximum absolute atomic E-state index is 12.8. The Morgan fingerprint density at radius 1 is 1.19 bits per heavy atom. The van der Waals surface area contributed by atoms with Crippen molar-refractivity contribution in [2.45, 2.75) is 26.2 Å². The zero-order chi connectivity index (χ0) is 21.9. The fraction of sp³-hybridized carbons (Fsp3) is 0.333. The summed E-state index contributed by atoms with van der Waals surface area (Å²) < 4.78 is 1.90. The lowest BCUT2D eigenvalue weighted by atomic mass is 9.97. The van der Waals surface area contributed by atoms with Crippen LogP contribution >= 0.6 is 0 Å². The van der Waals surface area contributed by atoms with Crippen molar-refractivity contribution in [3.05, 3.63) is 66.4 Å². The summed E-state index contributed by atoms with van der Waals surface area (Å²) in [5.74, 6) is 2.50. The Bertz CT molecular complexity index is 1210. The number of amides is 1. The summed E-state index contributed by atoms with van der Waals surface area (Å²) >= 11 is 0. The Labute approximate surface area is 186 Å². The first kappa shape index (κ1) is 20.2. The van der Waals surface area contributed by atoms with E-state index in [-0.39, 0.29) is 11.8 Å². The average molecular weight is 430 g/mol. The van der Waals surface area contributed by atoms with Crippen LogP contribution in [-0.4, -0.2) is 50.3 Å². The molecule has 2 N–H and O–H groups in total. The second kappa shape index (κ2) is 8.82. The van der Waals surface area contributed by atoms with Crippen molar-refractivity contribution in [3.63, 3.8) is 0 Å². The highest BCUT2D eigenvalue weighted by Crippen LogP contribution is 2.22. The highest BCUT2D eigenvalue weighted by molar-refractivity contribution is 5.83. The molecule has 0 aliphatic carbocycles. The van der Waals surface area contributed by atoms with Crippen molar-refractivity contribution in [2.75, 3.05) is 24.5 Å². The average Bonchev–Trinajstić information content (AvgIpc) is 3.45. The fourth-order valence-electron chi connectivity index (χ4n) is 4.44. The Hall–Kier alpha value is -3.68. The number of benzene rings is 1. The van der Waals surface area contributed by atoms with Gasteiger partial charge in [0.25, 0.3) is 0 Å². The van der Waals surface area contributed by atoms with Crippen LogP contribution in [0.15, 0.2) is 55.0 Å². The molecule has 0 saturated carbocycles. The molecule has 0 radical (unpaired) electrons. The van der Waals surface area contributed by atoms with E-state index in [1.807, 2.05) is 48.1 Å². The standard InChI is InChI=1S/C24H27N7O/c1-17-25-12-14-31(17)23-9-8-22(28-29-23)30-13-4-5-19(16-30)24(32)26-11-10-18-15-27-21-7-3-2-6-20(18)21/h2-3,6-9,12,14-15,19,27H,4-5,10-11,13,16H2,1H3,(H,26,32). The van der Waals surface area contributed by atoms with Gasteiger partial charge in [0, 0.05) is 49.1 Å². The molecule has 1 aliphatic heterocycles. The van der Waals surface area contributed by atoms with Crippen LogP contribution < -0.4 is 10.2 Å². The number of para-hydroxylation sites is 1. The van der Waals surface area contributed by atoms with Crippen LogP contribution in [-0.2, 0) is 11.2 Å². The van der Waals surface area contributed by atoms with Crippen molar-refractivity contribution >= 4 is 22.6 Å². The summed E-state index contributed by atoms with van der Waals surface area (Å²) in [6.07, 6.45) is 8.33. The number of aromatic amines is 1. The maximum Gasteiger partial charge on any atom is 0.224 e. The molecule has 0 spiro atoms. The van der Waals surface area contributed by atoms with E-state index in [1.54, 1.807) is 6.20 Å². The Morgan fingerprint density at radius 3 is 2.84 bits per heavy atom. The maximum atomic E-state index is 12.8. The van der Waals surface area contributed by atoms with E-state index in [1.165, 1.54) is 10.9 Å². The molecule has 0 bridgehead atoms. The van der Waals surface area contributed by atoms with E-state index in [2.05, 4.69) is 42.5 Å². The number of carbonyl (C=O) groups excluding carboxylic acids is 1. The highest BCUT2D eigenvalue weighted by Gasteiger charge is 2.26. The van der Waals surface area contributed by atoms with Gasteiger partial charge >= 0.3 is 0 Å². The number of rotatable bonds is 6. The van der Waals surface area contributed by atoms with Gasteiger partial charge in [0.15, 0.2) is 11.6 Å².